The van der Waals surface area contributed by atoms with Gasteiger partial charge in [-0.25, -0.2) is 4.98 Å². The van der Waals surface area contributed by atoms with Gasteiger partial charge in [0, 0.05) is 18.3 Å². The van der Waals surface area contributed by atoms with Gasteiger partial charge in [-0.05, 0) is 13.8 Å². The maximum atomic E-state index is 5.24. The lowest BCUT2D eigenvalue weighted by molar-refractivity contribution is 0.326. The minimum Gasteiger partial charge on any atom is -0.478 e. The van der Waals surface area contributed by atoms with Gasteiger partial charge in [0.2, 0.25) is 11.8 Å². The van der Waals surface area contributed by atoms with Crippen LogP contribution in [0.4, 0.5) is 5.95 Å². The highest BCUT2D eigenvalue weighted by molar-refractivity contribution is 5.29. The molecule has 1 unspecified atom stereocenters. The van der Waals surface area contributed by atoms with Gasteiger partial charge < -0.3 is 10.1 Å². The van der Waals surface area contributed by atoms with Crippen LogP contribution >= 0.6 is 0 Å². The van der Waals surface area contributed by atoms with Crippen LogP contribution in [0.2, 0.25) is 0 Å². The number of ether oxygens (including phenoxy) is 1. The average molecular weight is 193 g/mol. The average Bonchev–Trinajstić information content (AvgIpc) is 2.19. The molecule has 1 N–H and O–H groups in total. The van der Waals surface area contributed by atoms with Gasteiger partial charge in [0.1, 0.15) is 0 Å². The number of rotatable bonds is 5. The Bertz CT molecular complexity index is 301. The lowest BCUT2D eigenvalue weighted by Crippen LogP contribution is -2.13. The van der Waals surface area contributed by atoms with E-state index in [9.17, 15) is 0 Å². The molecular weight excluding hydrogens is 178 g/mol. The largest absolute Gasteiger partial charge is 0.478 e. The van der Waals surface area contributed by atoms with E-state index in [1.165, 1.54) is 0 Å². The third-order valence-corrected chi connectivity index (χ3v) is 1.63. The van der Waals surface area contributed by atoms with E-state index < -0.39 is 0 Å². The van der Waals surface area contributed by atoms with E-state index in [1.807, 2.05) is 13.8 Å². The van der Waals surface area contributed by atoms with Gasteiger partial charge in [0.05, 0.1) is 6.61 Å². The number of anilines is 1. The van der Waals surface area contributed by atoms with Crippen molar-refractivity contribution in [1.82, 2.24) is 9.97 Å². The van der Waals surface area contributed by atoms with Crippen LogP contribution in [-0.4, -0.2) is 22.6 Å². The minimum atomic E-state index is 0.145. The summed E-state index contributed by atoms with van der Waals surface area (Å²) in [7, 11) is 0. The highest BCUT2D eigenvalue weighted by atomic mass is 16.5. The minimum absolute atomic E-state index is 0.145. The first kappa shape index (κ1) is 10.5. The Morgan fingerprint density at radius 1 is 1.71 bits per heavy atom. The first-order valence-electron chi connectivity index (χ1n) is 4.61. The van der Waals surface area contributed by atoms with Gasteiger partial charge in [-0.2, -0.15) is 4.98 Å². The van der Waals surface area contributed by atoms with Gasteiger partial charge in [-0.3, -0.25) is 0 Å². The molecule has 0 aliphatic carbocycles. The Labute approximate surface area is 84.0 Å². The van der Waals surface area contributed by atoms with E-state index in [1.54, 1.807) is 18.3 Å². The predicted octanol–water partition coefficient (Wildman–Crippen LogP) is 1.86. The number of aromatic nitrogens is 2. The fourth-order valence-electron chi connectivity index (χ4n) is 0.903. The molecule has 1 heterocycles. The molecule has 14 heavy (non-hydrogen) atoms. The summed E-state index contributed by atoms with van der Waals surface area (Å²) in [5.74, 6) is 1.14. The van der Waals surface area contributed by atoms with Crippen molar-refractivity contribution in [2.45, 2.75) is 19.9 Å². The molecule has 0 spiro atoms. The topological polar surface area (TPSA) is 47.0 Å². The Kier molecular flexibility index (Phi) is 3.91. The summed E-state index contributed by atoms with van der Waals surface area (Å²) in [4.78, 5) is 8.22. The zero-order chi connectivity index (χ0) is 10.4. The Hall–Kier alpha value is -1.58. The molecule has 0 radical (unpaired) electrons. The molecule has 4 nitrogen and oxygen atoms in total. The van der Waals surface area contributed by atoms with Crippen molar-refractivity contribution in [3.05, 3.63) is 24.9 Å². The SMILES string of the molecule is C=CC(C)Nc1nccc(OCC)n1. The molecule has 0 bridgehead atoms. The third kappa shape index (κ3) is 3.05. The number of nitrogens with zero attached hydrogens (tertiary/aromatic N) is 2. The fraction of sp³-hybridized carbons (Fsp3) is 0.400. The molecule has 0 aliphatic heterocycles. The third-order valence-electron chi connectivity index (χ3n) is 1.63. The van der Waals surface area contributed by atoms with Gasteiger partial charge in [0.25, 0.3) is 0 Å². The van der Waals surface area contributed by atoms with Gasteiger partial charge >= 0.3 is 0 Å². The van der Waals surface area contributed by atoms with Gasteiger partial charge in [0.15, 0.2) is 0 Å². The molecule has 0 saturated carbocycles. The highest BCUT2D eigenvalue weighted by Crippen LogP contribution is 2.08. The molecule has 1 aromatic rings. The van der Waals surface area contributed by atoms with Gasteiger partial charge in [-0.1, -0.05) is 6.08 Å². The normalized spacial score (nSPS) is 11.9. The molecular formula is C10H15N3O. The van der Waals surface area contributed by atoms with Crippen molar-refractivity contribution in [2.24, 2.45) is 0 Å². The Balaban J connectivity index is 2.67. The molecule has 4 heteroatoms. The zero-order valence-corrected chi connectivity index (χ0v) is 8.53. The summed E-state index contributed by atoms with van der Waals surface area (Å²) in [5.41, 5.74) is 0. The molecule has 1 aromatic heterocycles. The van der Waals surface area contributed by atoms with Crippen molar-refractivity contribution in [2.75, 3.05) is 11.9 Å². The molecule has 0 fully saturated rings. The lowest BCUT2D eigenvalue weighted by atomic mass is 10.3. The van der Waals surface area contributed by atoms with Crippen LogP contribution in [0.5, 0.6) is 5.88 Å². The molecule has 0 amide bonds. The summed E-state index contributed by atoms with van der Waals surface area (Å²) in [5, 5.41) is 3.07. The van der Waals surface area contributed by atoms with E-state index in [2.05, 4.69) is 21.9 Å². The summed E-state index contributed by atoms with van der Waals surface area (Å²) < 4.78 is 5.24. The van der Waals surface area contributed by atoms with Crippen LogP contribution in [0.15, 0.2) is 24.9 Å². The second-order valence-corrected chi connectivity index (χ2v) is 2.82. The first-order valence-corrected chi connectivity index (χ1v) is 4.61. The van der Waals surface area contributed by atoms with Crippen molar-refractivity contribution in [1.29, 1.82) is 0 Å². The Morgan fingerprint density at radius 2 is 2.50 bits per heavy atom. The summed E-state index contributed by atoms with van der Waals surface area (Å²) in [6, 6.07) is 1.87. The first-order chi connectivity index (χ1) is 6.76. The summed E-state index contributed by atoms with van der Waals surface area (Å²) in [6.07, 6.45) is 3.45. The zero-order valence-electron chi connectivity index (χ0n) is 8.53. The second kappa shape index (κ2) is 5.21. The maximum absolute atomic E-state index is 5.24. The van der Waals surface area contributed by atoms with Crippen molar-refractivity contribution < 1.29 is 4.74 Å². The molecule has 0 saturated heterocycles. The fourth-order valence-corrected chi connectivity index (χ4v) is 0.903. The number of nitrogens with one attached hydrogen (secondary N) is 1. The van der Waals surface area contributed by atoms with Crippen LogP contribution in [0.1, 0.15) is 13.8 Å². The second-order valence-electron chi connectivity index (χ2n) is 2.82. The van der Waals surface area contributed by atoms with Crippen molar-refractivity contribution in [3.63, 3.8) is 0 Å². The molecule has 1 atom stereocenters. The maximum Gasteiger partial charge on any atom is 0.226 e. The van der Waals surface area contributed by atoms with Crippen molar-refractivity contribution >= 4 is 5.95 Å². The van der Waals surface area contributed by atoms with E-state index in [-0.39, 0.29) is 6.04 Å². The lowest BCUT2D eigenvalue weighted by Gasteiger charge is -2.09. The van der Waals surface area contributed by atoms with Crippen LogP contribution in [-0.2, 0) is 0 Å². The molecule has 76 valence electrons. The van der Waals surface area contributed by atoms with E-state index in [4.69, 9.17) is 4.74 Å². The predicted molar refractivity (Wildman–Crippen MR) is 56.5 cm³/mol. The molecule has 0 aliphatic rings. The monoisotopic (exact) mass is 193 g/mol. The van der Waals surface area contributed by atoms with Crippen molar-refractivity contribution in [3.8, 4) is 5.88 Å². The summed E-state index contributed by atoms with van der Waals surface area (Å²) in [6.45, 7) is 8.16. The van der Waals surface area contributed by atoms with Gasteiger partial charge in [-0.15, -0.1) is 6.58 Å². The van der Waals surface area contributed by atoms with Crippen LogP contribution in [0.25, 0.3) is 0 Å². The Morgan fingerprint density at radius 3 is 3.14 bits per heavy atom. The standard InChI is InChI=1S/C10H15N3O/c1-4-8(3)12-10-11-7-6-9(13-10)14-5-2/h4,6-8H,1,5H2,2-3H3,(H,11,12,13). The van der Waals surface area contributed by atoms with E-state index >= 15 is 0 Å². The van der Waals surface area contributed by atoms with Crippen LogP contribution < -0.4 is 10.1 Å². The van der Waals surface area contributed by atoms with E-state index in [0.29, 0.717) is 18.4 Å². The van der Waals surface area contributed by atoms with E-state index in [0.717, 1.165) is 0 Å². The number of hydrogen-bond acceptors (Lipinski definition) is 4. The quantitative estimate of drug-likeness (QED) is 0.725. The molecule has 0 aromatic carbocycles. The summed E-state index contributed by atoms with van der Waals surface area (Å²) >= 11 is 0. The van der Waals surface area contributed by atoms with Crippen LogP contribution in [0, 0.1) is 0 Å². The smallest absolute Gasteiger partial charge is 0.226 e. The van der Waals surface area contributed by atoms with Crippen LogP contribution in [0.3, 0.4) is 0 Å². The number of hydrogen-bond donors (Lipinski definition) is 1. The molecule has 1 rings (SSSR count). The highest BCUT2D eigenvalue weighted by Gasteiger charge is 2.01.